The van der Waals surface area contributed by atoms with Crippen molar-refractivity contribution in [1.82, 2.24) is 5.32 Å². The van der Waals surface area contributed by atoms with E-state index in [9.17, 15) is 14.4 Å². The Hall–Kier alpha value is -2.09. The lowest BCUT2D eigenvalue weighted by atomic mass is 10.0. The summed E-state index contributed by atoms with van der Waals surface area (Å²) >= 11 is 1.14. The summed E-state index contributed by atoms with van der Waals surface area (Å²) in [7, 11) is 1.22. The van der Waals surface area contributed by atoms with Crippen LogP contribution in [0.2, 0.25) is 0 Å². The van der Waals surface area contributed by atoms with Crippen molar-refractivity contribution in [3.05, 3.63) is 16.3 Å². The zero-order chi connectivity index (χ0) is 15.3. The van der Waals surface area contributed by atoms with Gasteiger partial charge in [-0.2, -0.15) is 0 Å². The van der Waals surface area contributed by atoms with Crippen molar-refractivity contribution in [3.8, 4) is 0 Å². The number of methoxy groups -OCH3 is 1. The van der Waals surface area contributed by atoms with Crippen molar-refractivity contribution >= 4 is 34.9 Å². The van der Waals surface area contributed by atoms with Crippen LogP contribution in [-0.4, -0.2) is 31.1 Å². The fraction of sp³-hybridized carbons (Fsp3) is 0.417. The molecule has 0 fully saturated rings. The number of anilines is 1. The highest BCUT2D eigenvalue weighted by atomic mass is 32.1. The summed E-state index contributed by atoms with van der Waals surface area (Å²) < 4.78 is 4.48. The van der Waals surface area contributed by atoms with Crippen LogP contribution >= 0.6 is 11.3 Å². The molecule has 20 heavy (non-hydrogen) atoms. The molecule has 0 unspecified atom stereocenters. The lowest BCUT2D eigenvalue weighted by Crippen LogP contribution is -2.47. The van der Waals surface area contributed by atoms with E-state index in [2.05, 4.69) is 15.4 Å². The molecule has 4 N–H and O–H groups in total. The monoisotopic (exact) mass is 299 g/mol. The molecule has 0 saturated heterocycles. The van der Waals surface area contributed by atoms with Gasteiger partial charge in [0.15, 0.2) is 0 Å². The number of ether oxygens (including phenoxy) is 1. The number of primary amides is 1. The normalized spacial score (nSPS) is 11.8. The standard InChI is InChI=1S/C12H17N3O4S/c1-6(2)9(15-12(18)19-3)11(17)14-7-4-8(10(13)16)20-5-7/h4-6,9H,1-3H3,(H2,13,16)(H,14,17)(H,15,18)/t9-/m0/s1. The second-order valence-electron chi connectivity index (χ2n) is 4.41. The van der Waals surface area contributed by atoms with Gasteiger partial charge in [0.1, 0.15) is 6.04 Å². The second kappa shape index (κ2) is 6.90. The lowest BCUT2D eigenvalue weighted by Gasteiger charge is -2.20. The van der Waals surface area contributed by atoms with Crippen LogP contribution in [0.3, 0.4) is 0 Å². The highest BCUT2D eigenvalue weighted by Gasteiger charge is 2.25. The molecule has 110 valence electrons. The number of thiophene rings is 1. The molecular weight excluding hydrogens is 282 g/mol. The number of rotatable bonds is 5. The van der Waals surface area contributed by atoms with Crippen LogP contribution in [-0.2, 0) is 9.53 Å². The first-order valence-electron chi connectivity index (χ1n) is 5.88. The van der Waals surface area contributed by atoms with Crippen LogP contribution < -0.4 is 16.4 Å². The van der Waals surface area contributed by atoms with Crippen molar-refractivity contribution in [2.75, 3.05) is 12.4 Å². The number of nitrogens with one attached hydrogen (secondary N) is 2. The zero-order valence-electron chi connectivity index (χ0n) is 11.4. The van der Waals surface area contributed by atoms with Crippen molar-refractivity contribution < 1.29 is 19.1 Å². The third-order valence-electron chi connectivity index (χ3n) is 2.52. The molecule has 7 nitrogen and oxygen atoms in total. The summed E-state index contributed by atoms with van der Waals surface area (Å²) in [5.41, 5.74) is 5.60. The van der Waals surface area contributed by atoms with Crippen LogP contribution in [0.15, 0.2) is 11.4 Å². The van der Waals surface area contributed by atoms with Gasteiger partial charge in [-0.1, -0.05) is 13.8 Å². The molecule has 0 saturated carbocycles. The Balaban J connectivity index is 2.74. The summed E-state index contributed by atoms with van der Waals surface area (Å²) in [6.07, 6.45) is -0.679. The van der Waals surface area contributed by atoms with Crippen molar-refractivity contribution in [1.29, 1.82) is 0 Å². The number of alkyl carbamates (subject to hydrolysis) is 1. The van der Waals surface area contributed by atoms with Crippen molar-refractivity contribution in [3.63, 3.8) is 0 Å². The van der Waals surface area contributed by atoms with E-state index < -0.39 is 18.0 Å². The molecule has 0 spiro atoms. The summed E-state index contributed by atoms with van der Waals surface area (Å²) in [6, 6.07) is 0.750. The van der Waals surface area contributed by atoms with Gasteiger partial charge in [-0.15, -0.1) is 11.3 Å². The topological polar surface area (TPSA) is 111 Å². The predicted molar refractivity (Wildman–Crippen MR) is 75.6 cm³/mol. The van der Waals surface area contributed by atoms with E-state index in [0.717, 1.165) is 11.3 Å². The average Bonchev–Trinajstić information content (AvgIpc) is 2.83. The maximum atomic E-state index is 12.1. The van der Waals surface area contributed by atoms with Crippen LogP contribution in [0.4, 0.5) is 10.5 Å². The Morgan fingerprint density at radius 2 is 2.00 bits per heavy atom. The largest absolute Gasteiger partial charge is 0.453 e. The molecule has 1 heterocycles. The van der Waals surface area contributed by atoms with Crippen LogP contribution in [0, 0.1) is 5.92 Å². The minimum absolute atomic E-state index is 0.122. The molecule has 1 rings (SSSR count). The van der Waals surface area contributed by atoms with Gasteiger partial charge >= 0.3 is 6.09 Å². The third-order valence-corrected chi connectivity index (χ3v) is 3.46. The summed E-state index contributed by atoms with van der Waals surface area (Å²) in [4.78, 5) is 34.6. The first-order chi connectivity index (χ1) is 9.35. The predicted octanol–water partition coefficient (Wildman–Crippen LogP) is 1.17. The van der Waals surface area contributed by atoms with Gasteiger partial charge in [0, 0.05) is 5.38 Å². The van der Waals surface area contributed by atoms with Gasteiger partial charge in [-0.05, 0) is 12.0 Å². The molecule has 0 radical (unpaired) electrons. The Morgan fingerprint density at radius 3 is 2.45 bits per heavy atom. The molecule has 3 amide bonds. The van der Waals surface area contributed by atoms with Gasteiger partial charge in [0.05, 0.1) is 17.7 Å². The number of hydrogen-bond donors (Lipinski definition) is 3. The van der Waals surface area contributed by atoms with E-state index in [4.69, 9.17) is 5.73 Å². The summed E-state index contributed by atoms with van der Waals surface area (Å²) in [6.45, 7) is 3.59. The van der Waals surface area contributed by atoms with Crippen LogP contribution in [0.25, 0.3) is 0 Å². The quantitative estimate of drug-likeness (QED) is 0.757. The SMILES string of the molecule is COC(=O)N[C@H](C(=O)Nc1csc(C(N)=O)c1)C(C)C. The maximum Gasteiger partial charge on any atom is 0.407 e. The van der Waals surface area contributed by atoms with Gasteiger partial charge in [0.2, 0.25) is 5.91 Å². The Kier molecular flexibility index (Phi) is 5.51. The zero-order valence-corrected chi connectivity index (χ0v) is 12.2. The van der Waals surface area contributed by atoms with E-state index >= 15 is 0 Å². The van der Waals surface area contributed by atoms with Gasteiger partial charge in [-0.3, -0.25) is 9.59 Å². The Morgan fingerprint density at radius 1 is 1.35 bits per heavy atom. The maximum absolute atomic E-state index is 12.1. The molecule has 1 aromatic heterocycles. The molecule has 8 heteroatoms. The number of carbonyl (C=O) groups excluding carboxylic acids is 3. The summed E-state index contributed by atoms with van der Waals surface area (Å²) in [5.74, 6) is -1.06. The molecule has 0 bridgehead atoms. The smallest absolute Gasteiger partial charge is 0.407 e. The van der Waals surface area contributed by atoms with Crippen molar-refractivity contribution in [2.24, 2.45) is 11.7 Å². The van der Waals surface area contributed by atoms with E-state index in [-0.39, 0.29) is 11.8 Å². The minimum atomic E-state index is -0.737. The number of carbonyl (C=O) groups is 3. The highest BCUT2D eigenvalue weighted by Crippen LogP contribution is 2.19. The fourth-order valence-electron chi connectivity index (χ4n) is 1.47. The van der Waals surface area contributed by atoms with Crippen LogP contribution in [0.5, 0.6) is 0 Å². The Bertz CT molecular complexity index is 513. The number of amides is 3. The molecule has 0 aliphatic heterocycles. The van der Waals surface area contributed by atoms with Gasteiger partial charge in [-0.25, -0.2) is 4.79 Å². The third kappa shape index (κ3) is 4.23. The second-order valence-corrected chi connectivity index (χ2v) is 5.32. The van der Waals surface area contributed by atoms with Crippen LogP contribution in [0.1, 0.15) is 23.5 Å². The lowest BCUT2D eigenvalue weighted by molar-refractivity contribution is -0.119. The molecule has 0 aliphatic carbocycles. The molecule has 0 aliphatic rings. The highest BCUT2D eigenvalue weighted by molar-refractivity contribution is 7.12. The molecule has 1 aromatic rings. The van der Waals surface area contributed by atoms with E-state index in [1.807, 2.05) is 0 Å². The van der Waals surface area contributed by atoms with E-state index in [1.165, 1.54) is 13.2 Å². The number of nitrogens with two attached hydrogens (primary N) is 1. The summed E-state index contributed by atoms with van der Waals surface area (Å²) in [5, 5.41) is 6.68. The number of hydrogen-bond acceptors (Lipinski definition) is 5. The Labute approximate surface area is 120 Å². The van der Waals surface area contributed by atoms with Gasteiger partial charge in [0.25, 0.3) is 5.91 Å². The first kappa shape index (κ1) is 16.0. The van der Waals surface area contributed by atoms with E-state index in [1.54, 1.807) is 19.2 Å². The first-order valence-corrected chi connectivity index (χ1v) is 6.76. The molecule has 1 atom stereocenters. The fourth-order valence-corrected chi connectivity index (χ4v) is 2.16. The average molecular weight is 299 g/mol. The molecule has 0 aromatic carbocycles. The minimum Gasteiger partial charge on any atom is -0.453 e. The van der Waals surface area contributed by atoms with Gasteiger partial charge < -0.3 is 21.1 Å². The van der Waals surface area contributed by atoms with Crippen molar-refractivity contribution in [2.45, 2.75) is 19.9 Å². The molecular formula is C12H17N3O4S. The van der Waals surface area contributed by atoms with E-state index in [0.29, 0.717) is 10.6 Å².